The Morgan fingerprint density at radius 1 is 1.30 bits per heavy atom. The minimum atomic E-state index is -0.478. The first-order valence-electron chi connectivity index (χ1n) is 7.87. The van der Waals surface area contributed by atoms with Gasteiger partial charge in [-0.15, -0.1) is 0 Å². The second-order valence-corrected chi connectivity index (χ2v) is 6.69. The molecule has 1 unspecified atom stereocenters. The largest absolute Gasteiger partial charge is 0.444 e. The number of pyridine rings is 1. The Hall–Kier alpha value is -2.14. The third kappa shape index (κ3) is 5.53. The number of carbonyl (C=O) groups excluding carboxylic acids is 1. The van der Waals surface area contributed by atoms with Crippen molar-refractivity contribution in [2.24, 2.45) is 0 Å². The number of aromatic nitrogens is 1. The van der Waals surface area contributed by atoms with Crippen LogP contribution in [0.3, 0.4) is 0 Å². The molecule has 1 heterocycles. The Bertz CT molecular complexity index is 659. The molecule has 23 heavy (non-hydrogen) atoms. The quantitative estimate of drug-likeness (QED) is 0.889. The first-order valence-corrected chi connectivity index (χ1v) is 7.87. The van der Waals surface area contributed by atoms with Crippen LogP contribution in [0.5, 0.6) is 0 Å². The van der Waals surface area contributed by atoms with Crippen LogP contribution >= 0.6 is 0 Å². The summed E-state index contributed by atoms with van der Waals surface area (Å²) in [6.07, 6.45) is 3.28. The van der Waals surface area contributed by atoms with Gasteiger partial charge in [-0.1, -0.05) is 18.2 Å². The number of hydrogen-bond donors (Lipinski definition) is 2. The van der Waals surface area contributed by atoms with E-state index in [-0.39, 0.29) is 12.1 Å². The molecule has 5 nitrogen and oxygen atoms in total. The van der Waals surface area contributed by atoms with E-state index in [4.69, 9.17) is 4.74 Å². The lowest BCUT2D eigenvalue weighted by Crippen LogP contribution is -2.42. The zero-order valence-electron chi connectivity index (χ0n) is 14.2. The monoisotopic (exact) mass is 315 g/mol. The molecule has 0 aliphatic heterocycles. The van der Waals surface area contributed by atoms with Gasteiger partial charge in [0.2, 0.25) is 0 Å². The highest BCUT2D eigenvalue weighted by Gasteiger charge is 2.17. The zero-order chi connectivity index (χ0) is 16.9. The summed E-state index contributed by atoms with van der Waals surface area (Å²) in [5.41, 5.74) is 0.739. The van der Waals surface area contributed by atoms with Gasteiger partial charge in [-0.2, -0.15) is 0 Å². The molecule has 0 bridgehead atoms. The number of alkyl carbamates (subject to hydrolysis) is 1. The fourth-order valence-electron chi connectivity index (χ4n) is 2.33. The molecule has 5 heteroatoms. The summed E-state index contributed by atoms with van der Waals surface area (Å²) in [5, 5.41) is 8.53. The summed E-state index contributed by atoms with van der Waals surface area (Å²) in [4.78, 5) is 15.9. The number of nitrogens with zero attached hydrogens (tertiary/aromatic N) is 1. The van der Waals surface area contributed by atoms with Gasteiger partial charge in [-0.05, 0) is 44.7 Å². The Kier molecular flexibility index (Phi) is 5.55. The van der Waals surface area contributed by atoms with Crippen molar-refractivity contribution in [2.45, 2.75) is 45.9 Å². The maximum Gasteiger partial charge on any atom is 0.407 e. The topological polar surface area (TPSA) is 63.2 Å². The number of nitrogens with one attached hydrogen (secondary N) is 2. The molecule has 124 valence electrons. The number of rotatable bonds is 5. The summed E-state index contributed by atoms with van der Waals surface area (Å²) in [7, 11) is 0. The fourth-order valence-corrected chi connectivity index (χ4v) is 2.33. The fraction of sp³-hybridized carbons (Fsp3) is 0.444. The molecule has 0 saturated carbocycles. The summed E-state index contributed by atoms with van der Waals surface area (Å²) >= 11 is 0. The van der Waals surface area contributed by atoms with Crippen LogP contribution in [0.15, 0.2) is 36.7 Å². The highest BCUT2D eigenvalue weighted by atomic mass is 16.6. The molecule has 2 aromatic rings. The van der Waals surface area contributed by atoms with Crippen molar-refractivity contribution in [3.8, 4) is 0 Å². The van der Waals surface area contributed by atoms with Gasteiger partial charge in [-0.25, -0.2) is 4.79 Å². The number of carbonyl (C=O) groups is 1. The third-order valence-corrected chi connectivity index (χ3v) is 3.30. The van der Waals surface area contributed by atoms with Gasteiger partial charge >= 0.3 is 6.09 Å². The lowest BCUT2D eigenvalue weighted by atomic mass is 10.1. The predicted molar refractivity (Wildman–Crippen MR) is 92.3 cm³/mol. The number of hydrogen-bond acceptors (Lipinski definition) is 4. The Labute approximate surface area is 137 Å². The molecule has 2 N–H and O–H groups in total. The van der Waals surface area contributed by atoms with E-state index in [1.807, 2.05) is 46.0 Å². The molecule has 0 fully saturated rings. The first-order chi connectivity index (χ1) is 10.8. The van der Waals surface area contributed by atoms with Crippen LogP contribution in [0.25, 0.3) is 10.8 Å². The molecule has 0 radical (unpaired) electrons. The van der Waals surface area contributed by atoms with Gasteiger partial charge in [-0.3, -0.25) is 4.98 Å². The van der Waals surface area contributed by atoms with Gasteiger partial charge in [0.1, 0.15) is 5.60 Å². The summed E-state index contributed by atoms with van der Waals surface area (Å²) < 4.78 is 5.25. The third-order valence-electron chi connectivity index (χ3n) is 3.30. The van der Waals surface area contributed by atoms with E-state index in [0.29, 0.717) is 6.54 Å². The lowest BCUT2D eigenvalue weighted by molar-refractivity contribution is 0.0508. The first kappa shape index (κ1) is 17.2. The van der Waals surface area contributed by atoms with Gasteiger partial charge in [0.05, 0.1) is 0 Å². The van der Waals surface area contributed by atoms with Crippen molar-refractivity contribution in [2.75, 3.05) is 6.54 Å². The smallest absolute Gasteiger partial charge is 0.407 e. The zero-order valence-corrected chi connectivity index (χ0v) is 14.2. The Morgan fingerprint density at radius 2 is 2.09 bits per heavy atom. The molecule has 1 aromatic heterocycles. The van der Waals surface area contributed by atoms with Crippen molar-refractivity contribution >= 4 is 16.9 Å². The summed E-state index contributed by atoms with van der Waals surface area (Å²) in [5.74, 6) is 0. The molecule has 0 spiro atoms. The Balaban J connectivity index is 1.83. The molecule has 2 rings (SSSR count). The molecule has 0 aliphatic rings. The van der Waals surface area contributed by atoms with Crippen LogP contribution in [0.4, 0.5) is 4.79 Å². The minimum Gasteiger partial charge on any atom is -0.444 e. The number of amides is 1. The lowest BCUT2D eigenvalue weighted by Gasteiger charge is -2.22. The number of ether oxygens (including phenoxy) is 1. The van der Waals surface area contributed by atoms with Crippen molar-refractivity contribution in [3.05, 3.63) is 42.2 Å². The molecular formula is C18H25N3O2. The number of fused-ring (bicyclic) bond motifs is 1. The van der Waals surface area contributed by atoms with Gasteiger partial charge in [0, 0.05) is 36.9 Å². The maximum atomic E-state index is 11.7. The van der Waals surface area contributed by atoms with Crippen LogP contribution in [0.2, 0.25) is 0 Å². The van der Waals surface area contributed by atoms with Crippen molar-refractivity contribution < 1.29 is 9.53 Å². The molecule has 1 aromatic carbocycles. The standard InChI is InChI=1S/C18H25N3O2/c1-13(21-17(22)23-18(2,3)4)10-20-12-15-7-5-6-14-11-19-9-8-16(14)15/h5-9,11,13,20H,10,12H2,1-4H3,(H,21,22). The molecule has 1 amide bonds. The normalized spacial score (nSPS) is 12.9. The molecule has 1 atom stereocenters. The van der Waals surface area contributed by atoms with Crippen molar-refractivity contribution in [3.63, 3.8) is 0 Å². The number of benzene rings is 1. The van der Waals surface area contributed by atoms with E-state index in [0.717, 1.165) is 11.9 Å². The SMILES string of the molecule is CC(CNCc1cccc2cnccc12)NC(=O)OC(C)(C)C. The van der Waals surface area contributed by atoms with Crippen molar-refractivity contribution in [1.29, 1.82) is 0 Å². The average Bonchev–Trinajstić information content (AvgIpc) is 2.45. The van der Waals surface area contributed by atoms with Crippen LogP contribution in [-0.2, 0) is 11.3 Å². The summed E-state index contributed by atoms with van der Waals surface area (Å²) in [6.45, 7) is 8.91. The van der Waals surface area contributed by atoms with Gasteiger partial charge in [0.15, 0.2) is 0 Å². The van der Waals surface area contributed by atoms with Crippen LogP contribution in [-0.4, -0.2) is 29.3 Å². The maximum absolute atomic E-state index is 11.7. The van der Waals surface area contributed by atoms with E-state index in [9.17, 15) is 4.79 Å². The highest BCUT2D eigenvalue weighted by molar-refractivity contribution is 5.84. The van der Waals surface area contributed by atoms with E-state index in [1.54, 1.807) is 6.20 Å². The minimum absolute atomic E-state index is 0.0125. The molecule has 0 saturated heterocycles. The predicted octanol–water partition coefficient (Wildman–Crippen LogP) is 3.24. The van der Waals surface area contributed by atoms with Gasteiger partial charge in [0.25, 0.3) is 0 Å². The van der Waals surface area contributed by atoms with E-state index in [1.165, 1.54) is 10.9 Å². The van der Waals surface area contributed by atoms with E-state index < -0.39 is 5.60 Å². The van der Waals surface area contributed by atoms with E-state index in [2.05, 4.69) is 27.8 Å². The van der Waals surface area contributed by atoms with E-state index >= 15 is 0 Å². The van der Waals surface area contributed by atoms with Crippen LogP contribution < -0.4 is 10.6 Å². The molecular weight excluding hydrogens is 290 g/mol. The van der Waals surface area contributed by atoms with Crippen LogP contribution in [0, 0.1) is 0 Å². The highest BCUT2D eigenvalue weighted by Crippen LogP contribution is 2.17. The van der Waals surface area contributed by atoms with Crippen molar-refractivity contribution in [1.82, 2.24) is 15.6 Å². The van der Waals surface area contributed by atoms with Gasteiger partial charge < -0.3 is 15.4 Å². The summed E-state index contributed by atoms with van der Waals surface area (Å²) in [6, 6.07) is 8.19. The second-order valence-electron chi connectivity index (χ2n) is 6.69. The second kappa shape index (κ2) is 7.42. The Morgan fingerprint density at radius 3 is 2.83 bits per heavy atom. The average molecular weight is 315 g/mol. The van der Waals surface area contributed by atoms with Crippen LogP contribution in [0.1, 0.15) is 33.3 Å². The molecule has 0 aliphatic carbocycles.